The Hall–Kier alpha value is -3.87. The third kappa shape index (κ3) is 6.03. The second kappa shape index (κ2) is 10.4. The number of allylic oxidation sites excluding steroid dienone is 4. The monoisotopic (exact) mass is 519 g/mol. The first-order chi connectivity index (χ1) is 17.1. The molecule has 3 aromatic heterocycles. The quantitative estimate of drug-likeness (QED) is 0.361. The van der Waals surface area contributed by atoms with Crippen molar-refractivity contribution in [3.05, 3.63) is 59.9 Å². The number of nitrogens with one attached hydrogen (secondary N) is 2. The van der Waals surface area contributed by atoms with Crippen LogP contribution < -0.4 is 10.2 Å². The number of hydrogen-bond acceptors (Lipinski definition) is 7. The number of hydrogen-bond donors (Lipinski definition) is 2. The molecule has 4 heterocycles. The first-order valence-electron chi connectivity index (χ1n) is 11.0. The number of aromatic nitrogens is 4. The second-order valence-corrected chi connectivity index (χ2v) is 9.20. The van der Waals surface area contributed by atoms with Crippen LogP contribution in [0.1, 0.15) is 11.9 Å². The summed E-state index contributed by atoms with van der Waals surface area (Å²) in [6.45, 7) is 8.82. The van der Waals surface area contributed by atoms with Gasteiger partial charge in [-0.1, -0.05) is 6.58 Å². The lowest BCUT2D eigenvalue weighted by Gasteiger charge is -2.35. The third-order valence-corrected chi connectivity index (χ3v) is 6.34. The number of carbonyl (C=O) groups excluding carboxylic acids is 1. The van der Waals surface area contributed by atoms with Crippen LogP contribution in [0.25, 0.3) is 21.6 Å². The van der Waals surface area contributed by atoms with Crippen LogP contribution in [0, 0.1) is 6.92 Å². The number of rotatable bonds is 6. The van der Waals surface area contributed by atoms with Gasteiger partial charge < -0.3 is 24.8 Å². The third-order valence-electron chi connectivity index (χ3n) is 5.39. The van der Waals surface area contributed by atoms with Crippen molar-refractivity contribution >= 4 is 34.2 Å². The van der Waals surface area contributed by atoms with Gasteiger partial charge in [-0.15, -0.1) is 24.5 Å². The number of thiazole rings is 1. The summed E-state index contributed by atoms with van der Waals surface area (Å²) >= 11 is 1.59. The number of fused-ring (bicyclic) bond motifs is 1. The van der Waals surface area contributed by atoms with Gasteiger partial charge in [0, 0.05) is 38.1 Å². The number of anilines is 1. The van der Waals surface area contributed by atoms with E-state index in [0.717, 1.165) is 44.6 Å². The molecule has 1 fully saturated rings. The maximum atomic E-state index is 12.6. The highest BCUT2D eigenvalue weighted by Crippen LogP contribution is 2.31. The van der Waals surface area contributed by atoms with Crippen LogP contribution in [-0.2, 0) is 4.74 Å². The molecule has 4 rings (SSSR count). The van der Waals surface area contributed by atoms with Crippen LogP contribution in [-0.4, -0.2) is 63.4 Å². The molecule has 2 amide bonds. The maximum Gasteiger partial charge on any atom is 0.573 e. The predicted octanol–water partition coefficient (Wildman–Crippen LogP) is 4.73. The summed E-state index contributed by atoms with van der Waals surface area (Å²) < 4.78 is 40.9. The molecule has 13 heteroatoms. The Bertz CT molecular complexity index is 1320. The van der Waals surface area contributed by atoms with Crippen LogP contribution >= 0.6 is 11.3 Å². The number of aromatic amines is 1. The van der Waals surface area contributed by atoms with Gasteiger partial charge in [-0.05, 0) is 38.1 Å². The fourth-order valence-corrected chi connectivity index (χ4v) is 4.44. The number of amides is 2. The van der Waals surface area contributed by atoms with E-state index in [9.17, 15) is 18.0 Å². The lowest BCUT2D eigenvalue weighted by Crippen LogP contribution is -2.51. The highest BCUT2D eigenvalue weighted by molar-refractivity contribution is 7.15. The van der Waals surface area contributed by atoms with E-state index in [1.54, 1.807) is 23.2 Å². The van der Waals surface area contributed by atoms with Crippen molar-refractivity contribution in [2.24, 2.45) is 0 Å². The fraction of sp³-hybridized carbons (Fsp3) is 0.304. The zero-order valence-electron chi connectivity index (χ0n) is 19.6. The molecule has 1 aliphatic heterocycles. The molecular formula is C23H24F3N7O2S. The number of H-pyrrole nitrogens is 1. The number of ether oxygens (including phenoxy) is 1. The molecule has 36 heavy (non-hydrogen) atoms. The molecular weight excluding hydrogens is 495 g/mol. The highest BCUT2D eigenvalue weighted by Gasteiger charge is 2.31. The Morgan fingerprint density at radius 1 is 1.22 bits per heavy atom. The summed E-state index contributed by atoms with van der Waals surface area (Å²) in [7, 11) is 0. The van der Waals surface area contributed by atoms with E-state index in [1.807, 2.05) is 19.2 Å². The van der Waals surface area contributed by atoms with Gasteiger partial charge in [0.25, 0.3) is 0 Å². The van der Waals surface area contributed by atoms with Gasteiger partial charge in [0.1, 0.15) is 23.6 Å². The molecule has 0 saturated carbocycles. The summed E-state index contributed by atoms with van der Waals surface area (Å²) in [6, 6.07) is 1.67. The van der Waals surface area contributed by atoms with E-state index in [0.29, 0.717) is 31.9 Å². The molecule has 190 valence electrons. The van der Waals surface area contributed by atoms with Gasteiger partial charge in [-0.25, -0.2) is 19.7 Å². The minimum absolute atomic E-state index is 0.342. The second-order valence-electron chi connectivity index (χ2n) is 7.96. The van der Waals surface area contributed by atoms with Crippen molar-refractivity contribution in [1.29, 1.82) is 0 Å². The summed E-state index contributed by atoms with van der Waals surface area (Å²) in [4.78, 5) is 33.8. The molecule has 0 unspecified atom stereocenters. The average Bonchev–Trinajstić information content (AvgIpc) is 3.47. The molecule has 2 N–H and O–H groups in total. The smallest absolute Gasteiger partial charge is 0.406 e. The SMILES string of the molecule is C=C/C(=C\C=C(/C)NC(=O)N1CCN(c2ncnc3[nH]c(-c4cnc(C)s4)cc23)CC1)OC(F)(F)F. The number of urea groups is 1. The first-order valence-corrected chi connectivity index (χ1v) is 11.8. The van der Waals surface area contributed by atoms with Gasteiger partial charge in [-0.2, -0.15) is 0 Å². The van der Waals surface area contributed by atoms with Crippen LogP contribution in [0.15, 0.2) is 54.9 Å². The molecule has 0 radical (unpaired) electrons. The van der Waals surface area contributed by atoms with E-state index in [1.165, 1.54) is 12.4 Å². The minimum atomic E-state index is -4.82. The van der Waals surface area contributed by atoms with E-state index in [2.05, 4.69) is 41.5 Å². The zero-order chi connectivity index (χ0) is 25.9. The van der Waals surface area contributed by atoms with Gasteiger partial charge >= 0.3 is 12.4 Å². The number of carbonyl (C=O) groups is 1. The molecule has 1 saturated heterocycles. The predicted molar refractivity (Wildman–Crippen MR) is 131 cm³/mol. The van der Waals surface area contributed by atoms with Gasteiger partial charge in [-0.3, -0.25) is 0 Å². The van der Waals surface area contributed by atoms with Crippen molar-refractivity contribution in [2.75, 3.05) is 31.1 Å². The molecule has 0 bridgehead atoms. The Morgan fingerprint density at radius 3 is 2.61 bits per heavy atom. The number of piperazine rings is 1. The Balaban J connectivity index is 1.38. The van der Waals surface area contributed by atoms with Crippen LogP contribution in [0.5, 0.6) is 0 Å². The summed E-state index contributed by atoms with van der Waals surface area (Å²) in [5.74, 6) is 0.311. The van der Waals surface area contributed by atoms with Crippen molar-refractivity contribution in [2.45, 2.75) is 20.2 Å². The van der Waals surface area contributed by atoms with Crippen LogP contribution in [0.2, 0.25) is 0 Å². The topological polar surface area (TPSA) is 99.3 Å². The number of alkyl halides is 3. The molecule has 9 nitrogen and oxygen atoms in total. The molecule has 0 aliphatic carbocycles. The van der Waals surface area contributed by atoms with Gasteiger partial charge in [0.2, 0.25) is 0 Å². The van der Waals surface area contributed by atoms with E-state index in [-0.39, 0.29) is 6.03 Å². The van der Waals surface area contributed by atoms with Crippen LogP contribution in [0.4, 0.5) is 23.8 Å². The van der Waals surface area contributed by atoms with E-state index < -0.39 is 12.1 Å². The molecule has 0 aromatic carbocycles. The normalized spacial score (nSPS) is 15.4. The van der Waals surface area contributed by atoms with E-state index >= 15 is 0 Å². The Labute approximate surface area is 209 Å². The lowest BCUT2D eigenvalue weighted by molar-refractivity contribution is -0.303. The molecule has 0 spiro atoms. The fourth-order valence-electron chi connectivity index (χ4n) is 3.69. The zero-order valence-corrected chi connectivity index (χ0v) is 20.4. The molecule has 1 aliphatic rings. The minimum Gasteiger partial charge on any atom is -0.406 e. The summed E-state index contributed by atoms with van der Waals surface area (Å²) in [5, 5.41) is 4.54. The summed E-state index contributed by atoms with van der Waals surface area (Å²) in [5.41, 5.74) is 2.01. The largest absolute Gasteiger partial charge is 0.573 e. The number of aryl methyl sites for hydroxylation is 1. The maximum absolute atomic E-state index is 12.6. The highest BCUT2D eigenvalue weighted by atomic mass is 32.1. The molecule has 0 atom stereocenters. The van der Waals surface area contributed by atoms with E-state index in [4.69, 9.17) is 0 Å². The Morgan fingerprint density at radius 2 is 1.97 bits per heavy atom. The standard InChI is InChI=1S/C23H24F3N7O2S/c1-4-16(35-23(24,25)26)6-5-14(2)30-22(34)33-9-7-32(8-10-33)21-17-11-18(19-12-27-15(3)36-19)31-20(17)28-13-29-21/h4-6,11-13H,1,7-10H2,2-3H3,(H,30,34)(H,28,29,31)/b14-5+,16-6+. The van der Waals surface area contributed by atoms with Crippen molar-refractivity contribution in [3.63, 3.8) is 0 Å². The molecule has 3 aromatic rings. The van der Waals surface area contributed by atoms with Crippen molar-refractivity contribution in [3.8, 4) is 10.6 Å². The average molecular weight is 520 g/mol. The van der Waals surface area contributed by atoms with Gasteiger partial charge in [0.05, 0.1) is 21.0 Å². The van der Waals surface area contributed by atoms with Crippen LogP contribution in [0.3, 0.4) is 0 Å². The van der Waals surface area contributed by atoms with Gasteiger partial charge in [0.15, 0.2) is 0 Å². The first kappa shape index (κ1) is 25.2. The van der Waals surface area contributed by atoms with Crippen molar-refractivity contribution < 1.29 is 22.7 Å². The summed E-state index contributed by atoms with van der Waals surface area (Å²) in [6.07, 6.45) is 1.87. The number of halogens is 3. The lowest BCUT2D eigenvalue weighted by atomic mass is 10.2. The Kier molecular flexibility index (Phi) is 7.29. The van der Waals surface area contributed by atoms with Crippen molar-refractivity contribution in [1.82, 2.24) is 30.2 Å². The number of nitrogens with zero attached hydrogens (tertiary/aromatic N) is 5.